The molecule has 0 N–H and O–H groups in total. The second-order valence-corrected chi connectivity index (χ2v) is 8.22. The number of nitrogens with zero attached hydrogens (tertiary/aromatic N) is 3. The standard InChI is InChI=1S/C24H20ClN3O3/c1-26-20-10-8-16(12-19(20)25)28-23(14-5-3-4-6-14)18-13-31-21-11-15(24(29)30-2)7-9-17(21)22(18)27-28/h5,7-12,18,23H,3-4,6,13H2,2H3. The summed E-state index contributed by atoms with van der Waals surface area (Å²) in [6, 6.07) is 10.8. The molecule has 0 spiro atoms. The number of hydrogen-bond acceptors (Lipinski definition) is 5. The Hall–Kier alpha value is -3.30. The predicted octanol–water partition coefficient (Wildman–Crippen LogP) is 5.39. The van der Waals surface area contributed by atoms with E-state index in [4.69, 9.17) is 32.7 Å². The quantitative estimate of drug-likeness (QED) is 0.370. The van der Waals surface area contributed by atoms with Gasteiger partial charge in [0.15, 0.2) is 0 Å². The van der Waals surface area contributed by atoms with Crippen LogP contribution in [0.1, 0.15) is 35.2 Å². The Balaban J connectivity index is 1.59. The van der Waals surface area contributed by atoms with Crippen molar-refractivity contribution in [2.75, 3.05) is 18.7 Å². The molecular weight excluding hydrogens is 414 g/mol. The van der Waals surface area contributed by atoms with Crippen molar-refractivity contribution in [2.45, 2.75) is 25.3 Å². The Morgan fingerprint density at radius 2 is 2.19 bits per heavy atom. The van der Waals surface area contributed by atoms with Crippen LogP contribution >= 0.6 is 11.6 Å². The number of anilines is 1. The van der Waals surface area contributed by atoms with Crippen molar-refractivity contribution >= 4 is 34.7 Å². The Kier molecular flexibility index (Phi) is 4.91. The maximum absolute atomic E-state index is 11.9. The van der Waals surface area contributed by atoms with Crippen LogP contribution in [0.3, 0.4) is 0 Å². The molecule has 7 heteroatoms. The third kappa shape index (κ3) is 3.26. The Labute approximate surface area is 185 Å². The molecule has 0 radical (unpaired) electrons. The smallest absolute Gasteiger partial charge is 0.337 e. The van der Waals surface area contributed by atoms with Gasteiger partial charge in [-0.3, -0.25) is 5.01 Å². The molecule has 156 valence electrons. The third-order valence-electron chi connectivity index (χ3n) is 6.08. The zero-order valence-electron chi connectivity index (χ0n) is 17.0. The Morgan fingerprint density at radius 1 is 1.32 bits per heavy atom. The average Bonchev–Trinajstić information content (AvgIpc) is 3.45. The van der Waals surface area contributed by atoms with Gasteiger partial charge in [-0.25, -0.2) is 9.64 Å². The maximum atomic E-state index is 11.9. The molecule has 0 saturated carbocycles. The minimum absolute atomic E-state index is 0.0424. The number of halogens is 1. The van der Waals surface area contributed by atoms with Crippen LogP contribution in [0, 0.1) is 12.5 Å². The summed E-state index contributed by atoms with van der Waals surface area (Å²) < 4.78 is 10.9. The van der Waals surface area contributed by atoms with Gasteiger partial charge in [0, 0.05) is 10.6 Å². The minimum Gasteiger partial charge on any atom is -0.492 e. The van der Waals surface area contributed by atoms with E-state index in [1.807, 2.05) is 17.1 Å². The van der Waals surface area contributed by atoms with Crippen molar-refractivity contribution < 1.29 is 14.3 Å². The molecule has 2 unspecified atom stereocenters. The van der Waals surface area contributed by atoms with Crippen molar-refractivity contribution in [1.82, 2.24) is 0 Å². The minimum atomic E-state index is -0.396. The van der Waals surface area contributed by atoms with Crippen LogP contribution in [-0.2, 0) is 4.74 Å². The van der Waals surface area contributed by atoms with Crippen molar-refractivity contribution in [3.8, 4) is 5.75 Å². The first-order valence-electron chi connectivity index (χ1n) is 10.2. The summed E-state index contributed by atoms with van der Waals surface area (Å²) in [7, 11) is 1.36. The molecule has 6 nitrogen and oxygen atoms in total. The monoisotopic (exact) mass is 433 g/mol. The van der Waals surface area contributed by atoms with E-state index >= 15 is 0 Å². The summed E-state index contributed by atoms with van der Waals surface area (Å²) in [5, 5.41) is 7.45. The van der Waals surface area contributed by atoms with Gasteiger partial charge >= 0.3 is 5.97 Å². The Morgan fingerprint density at radius 3 is 2.90 bits per heavy atom. The first-order chi connectivity index (χ1) is 15.1. The number of carbonyl (C=O) groups excluding carboxylic acids is 1. The van der Waals surface area contributed by atoms with E-state index in [0.29, 0.717) is 28.6 Å². The number of carbonyl (C=O) groups is 1. The molecule has 0 fully saturated rings. The van der Waals surface area contributed by atoms with Gasteiger partial charge in [-0.15, -0.1) is 0 Å². The molecule has 1 aliphatic carbocycles. The van der Waals surface area contributed by atoms with Gasteiger partial charge in [-0.2, -0.15) is 5.10 Å². The lowest BCUT2D eigenvalue weighted by atomic mass is 9.85. The number of rotatable bonds is 3. The van der Waals surface area contributed by atoms with Crippen molar-refractivity contribution in [2.24, 2.45) is 11.0 Å². The lowest BCUT2D eigenvalue weighted by molar-refractivity contribution is 0.0600. The number of methoxy groups -OCH3 is 1. The molecule has 2 heterocycles. The van der Waals surface area contributed by atoms with Crippen LogP contribution in [0.25, 0.3) is 4.85 Å². The number of hydrazone groups is 1. The van der Waals surface area contributed by atoms with Gasteiger partial charge in [0.2, 0.25) is 5.69 Å². The van der Waals surface area contributed by atoms with Crippen molar-refractivity contribution in [1.29, 1.82) is 0 Å². The van der Waals surface area contributed by atoms with E-state index in [2.05, 4.69) is 10.9 Å². The van der Waals surface area contributed by atoms with Gasteiger partial charge in [-0.05, 0) is 55.2 Å². The number of hydrogen-bond donors (Lipinski definition) is 0. The lowest BCUT2D eigenvalue weighted by Gasteiger charge is -2.31. The van der Waals surface area contributed by atoms with Crippen LogP contribution in [0.4, 0.5) is 11.4 Å². The fourth-order valence-corrected chi connectivity index (χ4v) is 4.82. The molecule has 31 heavy (non-hydrogen) atoms. The summed E-state index contributed by atoms with van der Waals surface area (Å²) in [5.41, 5.74) is 4.92. The summed E-state index contributed by atoms with van der Waals surface area (Å²) in [5.74, 6) is 0.312. The zero-order valence-corrected chi connectivity index (χ0v) is 17.7. The van der Waals surface area contributed by atoms with E-state index in [9.17, 15) is 4.79 Å². The number of allylic oxidation sites excluding steroid dienone is 1. The van der Waals surface area contributed by atoms with Crippen LogP contribution in [0.2, 0.25) is 5.02 Å². The molecule has 0 saturated heterocycles. The SMILES string of the molecule is [C-]#[N+]c1ccc(N2N=C3c4ccc(C(=O)OC)cc4OCC3C2C2=CCCC2)cc1Cl. The number of ether oxygens (including phenoxy) is 2. The van der Waals surface area contributed by atoms with Crippen LogP contribution < -0.4 is 9.75 Å². The van der Waals surface area contributed by atoms with Crippen LogP contribution in [0.5, 0.6) is 5.75 Å². The van der Waals surface area contributed by atoms with E-state index in [0.717, 1.165) is 36.2 Å². The number of benzene rings is 2. The largest absolute Gasteiger partial charge is 0.492 e. The van der Waals surface area contributed by atoms with Crippen LogP contribution in [-0.4, -0.2) is 31.4 Å². The third-order valence-corrected chi connectivity index (χ3v) is 6.38. The molecule has 2 aliphatic heterocycles. The highest BCUT2D eigenvalue weighted by atomic mass is 35.5. The van der Waals surface area contributed by atoms with Gasteiger partial charge in [0.1, 0.15) is 5.75 Å². The summed E-state index contributed by atoms with van der Waals surface area (Å²) in [6.07, 6.45) is 5.54. The molecule has 2 atom stereocenters. The topological polar surface area (TPSA) is 55.5 Å². The molecular formula is C24H20ClN3O3. The van der Waals surface area contributed by atoms with E-state index in [1.54, 1.807) is 24.3 Å². The van der Waals surface area contributed by atoms with Gasteiger partial charge in [0.25, 0.3) is 0 Å². The fourth-order valence-electron chi connectivity index (χ4n) is 4.60. The van der Waals surface area contributed by atoms with Gasteiger partial charge in [0.05, 0.1) is 49.2 Å². The normalized spacial score (nSPS) is 21.4. The van der Waals surface area contributed by atoms with E-state index < -0.39 is 5.97 Å². The molecule has 0 amide bonds. The highest BCUT2D eigenvalue weighted by Crippen LogP contribution is 2.43. The summed E-state index contributed by atoms with van der Waals surface area (Å²) in [4.78, 5) is 15.4. The van der Waals surface area contributed by atoms with Gasteiger partial charge < -0.3 is 9.47 Å². The van der Waals surface area contributed by atoms with Crippen LogP contribution in [0.15, 0.2) is 53.1 Å². The molecule has 5 rings (SSSR count). The van der Waals surface area contributed by atoms with E-state index in [-0.39, 0.29) is 12.0 Å². The van der Waals surface area contributed by atoms with E-state index in [1.165, 1.54) is 12.7 Å². The lowest BCUT2D eigenvalue weighted by Crippen LogP contribution is -2.40. The van der Waals surface area contributed by atoms with Gasteiger partial charge in [-0.1, -0.05) is 23.7 Å². The highest BCUT2D eigenvalue weighted by molar-refractivity contribution is 6.33. The summed E-state index contributed by atoms with van der Waals surface area (Å²) in [6.45, 7) is 7.73. The van der Waals surface area contributed by atoms with Crippen molar-refractivity contribution in [3.05, 3.63) is 75.6 Å². The Bertz CT molecular complexity index is 1180. The maximum Gasteiger partial charge on any atom is 0.337 e. The molecule has 2 aromatic carbocycles. The second-order valence-electron chi connectivity index (χ2n) is 7.81. The number of fused-ring (bicyclic) bond motifs is 3. The molecule has 3 aliphatic rings. The molecule has 0 aromatic heterocycles. The fraction of sp³-hybridized carbons (Fsp3) is 0.292. The van der Waals surface area contributed by atoms with Crippen molar-refractivity contribution in [3.63, 3.8) is 0 Å². The zero-order chi connectivity index (χ0) is 21.5. The molecule has 2 aromatic rings. The second kappa shape index (κ2) is 7.75. The first-order valence-corrected chi connectivity index (χ1v) is 10.6. The summed E-state index contributed by atoms with van der Waals surface area (Å²) >= 11 is 6.34. The first kappa shape index (κ1) is 19.7. The molecule has 0 bridgehead atoms. The average molecular weight is 434 g/mol. The highest BCUT2D eigenvalue weighted by Gasteiger charge is 2.44. The number of esters is 1. The predicted molar refractivity (Wildman–Crippen MR) is 119 cm³/mol.